The van der Waals surface area contributed by atoms with Gasteiger partial charge in [0.25, 0.3) is 11.1 Å². The molecule has 2 aromatic rings. The zero-order valence-corrected chi connectivity index (χ0v) is 17.6. The van der Waals surface area contributed by atoms with Crippen molar-refractivity contribution in [1.82, 2.24) is 4.90 Å². The molecular weight excluding hydrogens is 444 g/mol. The van der Waals surface area contributed by atoms with E-state index in [9.17, 15) is 14.4 Å². The van der Waals surface area contributed by atoms with Crippen molar-refractivity contribution in [3.8, 4) is 0 Å². The molecule has 2 aromatic carbocycles. The van der Waals surface area contributed by atoms with Crippen LogP contribution in [0.1, 0.15) is 21.5 Å². The van der Waals surface area contributed by atoms with Crippen molar-refractivity contribution in [3.05, 3.63) is 68.5 Å². The van der Waals surface area contributed by atoms with Crippen LogP contribution in [0.25, 0.3) is 6.08 Å². The Balaban J connectivity index is 1.70. The molecule has 28 heavy (non-hydrogen) atoms. The first-order chi connectivity index (χ1) is 13.4. The number of rotatable bonds is 5. The van der Waals surface area contributed by atoms with E-state index in [1.165, 1.54) is 12.0 Å². The van der Waals surface area contributed by atoms with E-state index >= 15 is 0 Å². The highest BCUT2D eigenvalue weighted by molar-refractivity contribution is 9.10. The minimum atomic E-state index is -0.429. The highest BCUT2D eigenvalue weighted by atomic mass is 79.9. The van der Waals surface area contributed by atoms with Crippen LogP contribution in [-0.4, -0.2) is 35.8 Å². The van der Waals surface area contributed by atoms with E-state index in [1.807, 2.05) is 25.1 Å². The Bertz CT molecular complexity index is 973. The number of nitrogens with one attached hydrogen (secondary N) is 1. The summed E-state index contributed by atoms with van der Waals surface area (Å²) in [5, 5.41) is 2.80. The van der Waals surface area contributed by atoms with Gasteiger partial charge in [-0.1, -0.05) is 28.1 Å². The number of imide groups is 1. The summed E-state index contributed by atoms with van der Waals surface area (Å²) in [4.78, 5) is 37.8. The molecule has 6 nitrogen and oxygen atoms in total. The fraction of sp³-hybridized carbons (Fsp3) is 0.150. The molecule has 1 heterocycles. The number of carbonyl (C=O) groups is 3. The summed E-state index contributed by atoms with van der Waals surface area (Å²) in [5.74, 6) is -0.782. The number of hydrogen-bond donors (Lipinski definition) is 1. The number of carbonyl (C=O) groups excluding carboxylic acids is 3. The normalized spacial score (nSPS) is 15.2. The van der Waals surface area contributed by atoms with Crippen LogP contribution in [0.3, 0.4) is 0 Å². The van der Waals surface area contributed by atoms with E-state index in [-0.39, 0.29) is 17.8 Å². The van der Waals surface area contributed by atoms with Crippen molar-refractivity contribution in [2.75, 3.05) is 19.1 Å². The van der Waals surface area contributed by atoms with Gasteiger partial charge in [0.2, 0.25) is 0 Å². The van der Waals surface area contributed by atoms with Crippen LogP contribution in [0, 0.1) is 6.92 Å². The number of benzene rings is 2. The molecule has 0 aliphatic carbocycles. The second-order valence-corrected chi connectivity index (χ2v) is 7.93. The average molecular weight is 461 g/mol. The molecule has 0 aromatic heterocycles. The summed E-state index contributed by atoms with van der Waals surface area (Å²) in [5.41, 5.74) is 2.99. The van der Waals surface area contributed by atoms with Crippen molar-refractivity contribution < 1.29 is 19.1 Å². The van der Waals surface area contributed by atoms with Crippen LogP contribution in [0.4, 0.5) is 10.5 Å². The monoisotopic (exact) mass is 460 g/mol. The van der Waals surface area contributed by atoms with Crippen LogP contribution in [0.2, 0.25) is 0 Å². The third-order valence-electron chi connectivity index (χ3n) is 4.12. The summed E-state index contributed by atoms with van der Waals surface area (Å²) in [6, 6.07) is 12.3. The van der Waals surface area contributed by atoms with Gasteiger partial charge in [0.15, 0.2) is 0 Å². The molecule has 8 heteroatoms. The van der Waals surface area contributed by atoms with Gasteiger partial charge in [-0.3, -0.25) is 14.5 Å². The Labute approximate surface area is 175 Å². The Hall–Kier alpha value is -2.58. The maximum atomic E-state index is 12.6. The standard InChI is InChI=1S/C20H17BrN2O4S/c1-12-9-15(21)7-8-16(12)22-11-23-18(24)17(28-20(23)26)10-13-3-5-14(6-4-13)19(25)27-2/h3-10,22H,11H2,1-2H3/b17-10-. The van der Waals surface area contributed by atoms with Gasteiger partial charge in [0.1, 0.15) is 0 Å². The number of hydrogen-bond acceptors (Lipinski definition) is 6. The molecule has 0 spiro atoms. The largest absolute Gasteiger partial charge is 0.465 e. The Morgan fingerprint density at radius 2 is 1.93 bits per heavy atom. The summed E-state index contributed by atoms with van der Waals surface area (Å²) < 4.78 is 5.62. The highest BCUT2D eigenvalue weighted by Gasteiger charge is 2.34. The first-order valence-corrected chi connectivity index (χ1v) is 9.94. The molecular formula is C20H17BrN2O4S. The van der Waals surface area contributed by atoms with E-state index in [0.29, 0.717) is 10.5 Å². The van der Waals surface area contributed by atoms with Gasteiger partial charge >= 0.3 is 5.97 Å². The molecule has 0 saturated carbocycles. The summed E-state index contributed by atoms with van der Waals surface area (Å²) >= 11 is 4.30. The Kier molecular flexibility index (Phi) is 6.21. The summed E-state index contributed by atoms with van der Waals surface area (Å²) in [6.07, 6.45) is 1.64. The Morgan fingerprint density at radius 3 is 2.57 bits per heavy atom. The van der Waals surface area contributed by atoms with E-state index in [1.54, 1.807) is 30.3 Å². The van der Waals surface area contributed by atoms with E-state index < -0.39 is 5.97 Å². The zero-order chi connectivity index (χ0) is 20.3. The lowest BCUT2D eigenvalue weighted by molar-refractivity contribution is -0.122. The van der Waals surface area contributed by atoms with Crippen molar-refractivity contribution in [2.45, 2.75) is 6.92 Å². The topological polar surface area (TPSA) is 75.7 Å². The van der Waals surface area contributed by atoms with Crippen molar-refractivity contribution in [3.63, 3.8) is 0 Å². The molecule has 144 valence electrons. The van der Waals surface area contributed by atoms with Crippen LogP contribution in [-0.2, 0) is 9.53 Å². The fourth-order valence-corrected chi connectivity index (χ4v) is 3.92. The predicted octanol–water partition coefficient (Wildman–Crippen LogP) is 4.65. The number of amides is 2. The van der Waals surface area contributed by atoms with Crippen LogP contribution in [0.5, 0.6) is 0 Å². The number of aryl methyl sites for hydroxylation is 1. The lowest BCUT2D eigenvalue weighted by atomic mass is 10.1. The van der Waals surface area contributed by atoms with Gasteiger partial charge in [-0.2, -0.15) is 0 Å². The molecule has 1 N–H and O–H groups in total. The maximum absolute atomic E-state index is 12.6. The van der Waals surface area contributed by atoms with Gasteiger partial charge in [-0.15, -0.1) is 0 Å². The lowest BCUT2D eigenvalue weighted by Crippen LogP contribution is -2.33. The number of ether oxygens (including phenoxy) is 1. The molecule has 1 aliphatic rings. The first-order valence-electron chi connectivity index (χ1n) is 8.33. The minimum Gasteiger partial charge on any atom is -0.465 e. The molecule has 3 rings (SSSR count). The second-order valence-electron chi connectivity index (χ2n) is 6.02. The lowest BCUT2D eigenvalue weighted by Gasteiger charge is -2.16. The van der Waals surface area contributed by atoms with Gasteiger partial charge in [0.05, 0.1) is 24.2 Å². The van der Waals surface area contributed by atoms with Crippen molar-refractivity contribution in [1.29, 1.82) is 0 Å². The number of methoxy groups -OCH3 is 1. The van der Waals surface area contributed by atoms with Crippen LogP contribution >= 0.6 is 27.7 Å². The number of anilines is 1. The predicted molar refractivity (Wildman–Crippen MR) is 113 cm³/mol. The maximum Gasteiger partial charge on any atom is 0.337 e. The number of thioether (sulfide) groups is 1. The van der Waals surface area contributed by atoms with Gasteiger partial charge in [-0.05, 0) is 66.2 Å². The third-order valence-corrected chi connectivity index (χ3v) is 5.52. The van der Waals surface area contributed by atoms with Crippen LogP contribution in [0.15, 0.2) is 51.8 Å². The molecule has 2 amide bonds. The average Bonchev–Trinajstić information content (AvgIpc) is 2.94. The van der Waals surface area contributed by atoms with Gasteiger partial charge in [-0.25, -0.2) is 4.79 Å². The SMILES string of the molecule is COC(=O)c1ccc(/C=C2\SC(=O)N(CNc3ccc(Br)cc3C)C2=O)cc1. The molecule has 0 bridgehead atoms. The molecule has 0 unspecified atom stereocenters. The highest BCUT2D eigenvalue weighted by Crippen LogP contribution is 2.32. The molecule has 0 atom stereocenters. The van der Waals surface area contributed by atoms with E-state index in [4.69, 9.17) is 0 Å². The fourth-order valence-electron chi connectivity index (χ4n) is 2.61. The molecule has 0 radical (unpaired) electrons. The van der Waals surface area contributed by atoms with Gasteiger partial charge in [0, 0.05) is 10.2 Å². The van der Waals surface area contributed by atoms with Crippen LogP contribution < -0.4 is 5.32 Å². The number of esters is 1. The summed E-state index contributed by atoms with van der Waals surface area (Å²) in [6.45, 7) is 2.03. The van der Waals surface area contributed by atoms with Gasteiger partial charge < -0.3 is 10.1 Å². The smallest absolute Gasteiger partial charge is 0.337 e. The van der Waals surface area contributed by atoms with E-state index in [2.05, 4.69) is 26.0 Å². The molecule has 1 aliphatic heterocycles. The van der Waals surface area contributed by atoms with E-state index in [0.717, 1.165) is 33.0 Å². The van der Waals surface area contributed by atoms with Crippen molar-refractivity contribution >= 4 is 56.6 Å². The quantitative estimate of drug-likeness (QED) is 0.516. The number of halogens is 1. The molecule has 1 fully saturated rings. The Morgan fingerprint density at radius 1 is 1.21 bits per heavy atom. The zero-order valence-electron chi connectivity index (χ0n) is 15.2. The third kappa shape index (κ3) is 4.45. The minimum absolute atomic E-state index is 0.0890. The molecule has 1 saturated heterocycles. The summed E-state index contributed by atoms with van der Waals surface area (Å²) in [7, 11) is 1.32. The first kappa shape index (κ1) is 20.2. The second kappa shape index (κ2) is 8.62. The number of nitrogens with zero attached hydrogens (tertiary/aromatic N) is 1. The van der Waals surface area contributed by atoms with Crippen molar-refractivity contribution in [2.24, 2.45) is 0 Å².